The van der Waals surface area contributed by atoms with E-state index < -0.39 is 14.3 Å². The van der Waals surface area contributed by atoms with E-state index in [1.54, 1.807) is 12.3 Å². The van der Waals surface area contributed by atoms with Crippen LogP contribution >= 0.6 is 0 Å². The van der Waals surface area contributed by atoms with Crippen molar-refractivity contribution in [3.8, 4) is 5.75 Å². The summed E-state index contributed by atoms with van der Waals surface area (Å²) < 4.78 is 6.40. The maximum Gasteiger partial charge on any atom is 0.328 e. The van der Waals surface area contributed by atoms with Crippen LogP contribution in [0.4, 0.5) is 0 Å². The summed E-state index contributed by atoms with van der Waals surface area (Å²) >= 11 is 0. The van der Waals surface area contributed by atoms with Gasteiger partial charge in [-0.15, -0.1) is 0 Å². The van der Waals surface area contributed by atoms with Crippen LogP contribution in [0.1, 0.15) is 26.3 Å². The van der Waals surface area contributed by atoms with E-state index >= 15 is 0 Å². The van der Waals surface area contributed by atoms with Crippen LogP contribution in [0.2, 0.25) is 18.1 Å². The van der Waals surface area contributed by atoms with Crippen LogP contribution in [0, 0.1) is 0 Å². The first-order chi connectivity index (χ1) is 10.6. The van der Waals surface area contributed by atoms with Crippen LogP contribution in [0.15, 0.2) is 36.5 Å². The van der Waals surface area contributed by atoms with Gasteiger partial charge in [0.2, 0.25) is 0 Å². The zero-order chi connectivity index (χ0) is 17.3. The predicted molar refractivity (Wildman–Crippen MR) is 96.2 cm³/mol. The minimum Gasteiger partial charge on any atom is -0.542 e. The number of hydrogen-bond donors (Lipinski definition) is 1. The molecule has 4 nitrogen and oxygen atoms in total. The Bertz CT molecular complexity index is 760. The number of rotatable bonds is 4. The Labute approximate surface area is 138 Å². The molecule has 0 unspecified atom stereocenters. The van der Waals surface area contributed by atoms with Gasteiger partial charge >= 0.3 is 5.97 Å². The Morgan fingerprint density at radius 1 is 1.26 bits per heavy atom. The maximum absolute atomic E-state index is 10.8. The van der Waals surface area contributed by atoms with Gasteiger partial charge in [-0.2, -0.15) is 0 Å². The molecule has 2 aromatic rings. The van der Waals surface area contributed by atoms with Gasteiger partial charge in [-0.25, -0.2) is 4.79 Å². The van der Waals surface area contributed by atoms with E-state index in [-0.39, 0.29) is 5.04 Å². The molecule has 122 valence electrons. The molecule has 0 aliphatic rings. The molecule has 1 heterocycles. The zero-order valence-electron chi connectivity index (χ0n) is 14.3. The standard InChI is InChI=1S/C18H23NO3Si/c1-18(2,3)23(4,5)22-15-10-8-13(9-11-16(20)21)14-7-6-12-19-17(14)15/h6-12H,1-5H3,(H,20,21). The highest BCUT2D eigenvalue weighted by atomic mass is 28.4. The lowest BCUT2D eigenvalue weighted by molar-refractivity contribution is -0.131. The monoisotopic (exact) mass is 329 g/mol. The third-order valence-corrected chi connectivity index (χ3v) is 8.69. The summed E-state index contributed by atoms with van der Waals surface area (Å²) in [5, 5.41) is 9.81. The van der Waals surface area contributed by atoms with Crippen LogP contribution < -0.4 is 4.43 Å². The van der Waals surface area contributed by atoms with Crippen LogP contribution in [0.3, 0.4) is 0 Å². The summed E-state index contributed by atoms with van der Waals surface area (Å²) in [7, 11) is -1.97. The van der Waals surface area contributed by atoms with E-state index in [4.69, 9.17) is 9.53 Å². The molecule has 0 saturated carbocycles. The molecular formula is C18H23NO3Si. The Morgan fingerprint density at radius 3 is 2.57 bits per heavy atom. The van der Waals surface area contributed by atoms with E-state index in [1.165, 1.54) is 0 Å². The first-order valence-electron chi connectivity index (χ1n) is 7.59. The molecule has 0 spiro atoms. The summed E-state index contributed by atoms with van der Waals surface area (Å²) in [6.07, 6.45) is 4.45. The highest BCUT2D eigenvalue weighted by molar-refractivity contribution is 6.74. The lowest BCUT2D eigenvalue weighted by Gasteiger charge is -2.36. The summed E-state index contributed by atoms with van der Waals surface area (Å²) in [6, 6.07) is 7.54. The fraction of sp³-hybridized carbons (Fsp3) is 0.333. The average Bonchev–Trinajstić information content (AvgIpc) is 2.45. The number of aliphatic carboxylic acids is 1. The molecule has 0 aliphatic carbocycles. The number of pyridine rings is 1. The van der Waals surface area contributed by atoms with E-state index in [0.717, 1.165) is 28.3 Å². The van der Waals surface area contributed by atoms with Gasteiger partial charge in [-0.05, 0) is 41.9 Å². The average molecular weight is 329 g/mol. The minimum atomic E-state index is -1.97. The Balaban J connectivity index is 2.52. The van der Waals surface area contributed by atoms with E-state index in [9.17, 15) is 4.79 Å². The van der Waals surface area contributed by atoms with Crippen molar-refractivity contribution in [1.82, 2.24) is 4.98 Å². The third kappa shape index (κ3) is 3.79. The molecule has 0 aliphatic heterocycles. The molecule has 23 heavy (non-hydrogen) atoms. The highest BCUT2D eigenvalue weighted by Crippen LogP contribution is 2.39. The van der Waals surface area contributed by atoms with Crippen molar-refractivity contribution in [2.45, 2.75) is 38.9 Å². The SMILES string of the molecule is CC(C)(C)[Si](C)(C)Oc1ccc(C=CC(=O)O)c2cccnc12. The van der Waals surface area contributed by atoms with Crippen molar-refractivity contribution in [3.63, 3.8) is 0 Å². The molecule has 1 aromatic carbocycles. The summed E-state index contributed by atoms with van der Waals surface area (Å²) in [5.74, 6) is -0.205. The molecule has 0 radical (unpaired) electrons. The van der Waals surface area contributed by atoms with Crippen molar-refractivity contribution < 1.29 is 14.3 Å². The molecule has 1 N–H and O–H groups in total. The topological polar surface area (TPSA) is 59.4 Å². The molecule has 1 aromatic heterocycles. The van der Waals surface area contributed by atoms with Gasteiger partial charge in [0.05, 0.1) is 0 Å². The zero-order valence-corrected chi connectivity index (χ0v) is 15.3. The lowest BCUT2D eigenvalue weighted by Crippen LogP contribution is -2.43. The largest absolute Gasteiger partial charge is 0.542 e. The molecule has 0 amide bonds. The molecule has 0 fully saturated rings. The Morgan fingerprint density at radius 2 is 1.96 bits per heavy atom. The molecular weight excluding hydrogens is 306 g/mol. The molecule has 0 saturated heterocycles. The van der Waals surface area contributed by atoms with Crippen LogP contribution in [0.5, 0.6) is 5.75 Å². The number of aromatic nitrogens is 1. The Kier molecular flexibility index (Phi) is 4.61. The number of nitrogens with zero attached hydrogens (tertiary/aromatic N) is 1. The molecule has 2 rings (SSSR count). The lowest BCUT2D eigenvalue weighted by atomic mass is 10.1. The van der Waals surface area contributed by atoms with Crippen molar-refractivity contribution in [1.29, 1.82) is 0 Å². The van der Waals surface area contributed by atoms with Crippen LogP contribution in [0.25, 0.3) is 17.0 Å². The number of benzene rings is 1. The third-order valence-electron chi connectivity index (χ3n) is 4.34. The number of carboxylic acid groups (broad SMARTS) is 1. The summed E-state index contributed by atoms with van der Waals surface area (Å²) in [6.45, 7) is 11.0. The molecule has 5 heteroatoms. The van der Waals surface area contributed by atoms with E-state index in [0.29, 0.717) is 0 Å². The van der Waals surface area contributed by atoms with Crippen molar-refractivity contribution >= 4 is 31.3 Å². The van der Waals surface area contributed by atoms with Gasteiger partial charge < -0.3 is 9.53 Å². The second kappa shape index (κ2) is 6.16. The molecule has 0 atom stereocenters. The summed E-state index contributed by atoms with van der Waals surface area (Å²) in [4.78, 5) is 15.2. The Hall–Kier alpha value is -2.14. The van der Waals surface area contributed by atoms with Crippen molar-refractivity contribution in [3.05, 3.63) is 42.1 Å². The summed E-state index contributed by atoms with van der Waals surface area (Å²) in [5.41, 5.74) is 1.59. The van der Waals surface area contributed by atoms with Gasteiger partial charge in [0.1, 0.15) is 11.3 Å². The van der Waals surface area contributed by atoms with Gasteiger partial charge in [0.15, 0.2) is 0 Å². The van der Waals surface area contributed by atoms with Gasteiger partial charge in [-0.3, -0.25) is 4.98 Å². The number of fused-ring (bicyclic) bond motifs is 1. The maximum atomic E-state index is 10.8. The van der Waals surface area contributed by atoms with Crippen molar-refractivity contribution in [2.75, 3.05) is 0 Å². The number of carbonyl (C=O) groups is 1. The first kappa shape index (κ1) is 17.2. The smallest absolute Gasteiger partial charge is 0.328 e. The van der Waals surface area contributed by atoms with Crippen LogP contribution in [-0.2, 0) is 4.79 Å². The fourth-order valence-electron chi connectivity index (χ4n) is 1.99. The quantitative estimate of drug-likeness (QED) is 0.651. The number of carboxylic acids is 1. The molecule has 0 bridgehead atoms. The van der Waals surface area contributed by atoms with Gasteiger partial charge in [0, 0.05) is 17.7 Å². The van der Waals surface area contributed by atoms with Gasteiger partial charge in [-0.1, -0.05) is 32.9 Å². The highest BCUT2D eigenvalue weighted by Gasteiger charge is 2.39. The van der Waals surface area contributed by atoms with E-state index in [2.05, 4.69) is 38.8 Å². The second-order valence-corrected chi connectivity index (χ2v) is 11.8. The minimum absolute atomic E-state index is 0.0932. The van der Waals surface area contributed by atoms with Crippen LogP contribution in [-0.4, -0.2) is 24.4 Å². The first-order valence-corrected chi connectivity index (χ1v) is 10.5. The van der Waals surface area contributed by atoms with E-state index in [1.807, 2.05) is 24.3 Å². The van der Waals surface area contributed by atoms with Crippen molar-refractivity contribution in [2.24, 2.45) is 0 Å². The second-order valence-electron chi connectivity index (χ2n) is 7.09. The van der Waals surface area contributed by atoms with Gasteiger partial charge in [0.25, 0.3) is 8.32 Å². The number of hydrogen-bond acceptors (Lipinski definition) is 3. The fourth-order valence-corrected chi connectivity index (χ4v) is 3.01. The normalized spacial score (nSPS) is 12.7. The predicted octanol–water partition coefficient (Wildman–Crippen LogP) is 4.72.